The molecule has 0 spiro atoms. The molecule has 0 saturated heterocycles. The minimum atomic E-state index is -0.812. The Hall–Kier alpha value is -2.54. The molecular weight excluding hydrogens is 477 g/mol. The van der Waals surface area contributed by atoms with Crippen molar-refractivity contribution in [3.8, 4) is 5.75 Å². The first-order valence-corrected chi connectivity index (χ1v) is 11.2. The molecule has 1 aliphatic carbocycles. The molecule has 9 heteroatoms. The van der Waals surface area contributed by atoms with Crippen molar-refractivity contribution in [1.82, 2.24) is 5.32 Å². The quantitative estimate of drug-likeness (QED) is 0.207. The Morgan fingerprint density at radius 1 is 0.969 bits per heavy atom. The zero-order chi connectivity index (χ0) is 22.8. The third-order valence-corrected chi connectivity index (χ3v) is 6.47. The summed E-state index contributed by atoms with van der Waals surface area (Å²) in [5, 5.41) is 3.64. The molecule has 0 atom stereocenters. The minimum absolute atomic E-state index is 0.0230. The number of carbonyl (C=O) groups is 2. The number of hydrogen-bond acceptors (Lipinski definition) is 5. The van der Waals surface area contributed by atoms with Crippen LogP contribution < -0.4 is 15.7 Å². The number of carbonyl (C=O) groups excluding carboxylic acids is 2. The molecule has 1 heterocycles. The fourth-order valence-electron chi connectivity index (χ4n) is 3.70. The van der Waals surface area contributed by atoms with Gasteiger partial charge in [0.1, 0.15) is 16.9 Å². The van der Waals surface area contributed by atoms with E-state index in [1.165, 1.54) is 30.3 Å². The normalized spacial score (nSPS) is 14.3. The van der Waals surface area contributed by atoms with E-state index in [4.69, 9.17) is 44.0 Å². The summed E-state index contributed by atoms with van der Waals surface area (Å²) in [6.07, 6.45) is 5.09. The Balaban J connectivity index is 1.57. The van der Waals surface area contributed by atoms with Crippen LogP contribution in [0.1, 0.15) is 52.8 Å². The van der Waals surface area contributed by atoms with Gasteiger partial charge in [0.05, 0.1) is 20.6 Å². The molecule has 1 N–H and O–H groups in total. The number of ether oxygens (including phenoxy) is 1. The highest BCUT2D eigenvalue weighted by Gasteiger charge is 2.22. The third kappa shape index (κ3) is 4.77. The first-order valence-electron chi connectivity index (χ1n) is 10.1. The molecule has 1 fully saturated rings. The summed E-state index contributed by atoms with van der Waals surface area (Å²) in [6.45, 7) is 0. The van der Waals surface area contributed by atoms with Crippen LogP contribution in [0, 0.1) is 0 Å². The van der Waals surface area contributed by atoms with Crippen LogP contribution in [0.3, 0.4) is 0 Å². The lowest BCUT2D eigenvalue weighted by molar-refractivity contribution is 0.0735. The van der Waals surface area contributed by atoms with Crippen LogP contribution in [0.15, 0.2) is 45.6 Å². The van der Waals surface area contributed by atoms with Crippen molar-refractivity contribution in [1.29, 1.82) is 0 Å². The van der Waals surface area contributed by atoms with Crippen molar-refractivity contribution in [3.63, 3.8) is 0 Å². The molecule has 32 heavy (non-hydrogen) atoms. The van der Waals surface area contributed by atoms with Gasteiger partial charge < -0.3 is 14.5 Å². The van der Waals surface area contributed by atoms with Gasteiger partial charge in [-0.05, 0) is 43.2 Å². The number of amides is 1. The van der Waals surface area contributed by atoms with Gasteiger partial charge in [-0.25, -0.2) is 9.59 Å². The summed E-state index contributed by atoms with van der Waals surface area (Å²) in [7, 11) is 0. The highest BCUT2D eigenvalue weighted by atomic mass is 35.5. The van der Waals surface area contributed by atoms with Crippen LogP contribution >= 0.6 is 34.8 Å². The Bertz CT molecular complexity index is 1260. The molecule has 2 aromatic carbocycles. The van der Waals surface area contributed by atoms with E-state index in [1.807, 2.05) is 0 Å². The van der Waals surface area contributed by atoms with Crippen LogP contribution in [-0.4, -0.2) is 17.9 Å². The van der Waals surface area contributed by atoms with Gasteiger partial charge in [-0.3, -0.25) is 4.79 Å². The SMILES string of the molecule is O=C(Oc1ccc2cc(C(=O)NC3CCCCC3)c(=O)oc2c1)c1c(Cl)ccc(Cl)c1Cl. The first-order chi connectivity index (χ1) is 15.3. The highest BCUT2D eigenvalue weighted by Crippen LogP contribution is 2.32. The maximum Gasteiger partial charge on any atom is 0.349 e. The average molecular weight is 495 g/mol. The summed E-state index contributed by atoms with van der Waals surface area (Å²) in [6, 6.07) is 8.91. The zero-order valence-electron chi connectivity index (χ0n) is 16.8. The summed E-state index contributed by atoms with van der Waals surface area (Å²) < 4.78 is 10.7. The predicted octanol–water partition coefficient (Wildman–Crippen LogP) is 6.03. The van der Waals surface area contributed by atoms with E-state index in [2.05, 4.69) is 5.32 Å². The molecule has 0 bridgehead atoms. The van der Waals surface area contributed by atoms with Crippen LogP contribution in [0.4, 0.5) is 0 Å². The van der Waals surface area contributed by atoms with E-state index in [-0.39, 0.29) is 43.6 Å². The Morgan fingerprint density at radius 2 is 1.69 bits per heavy atom. The topological polar surface area (TPSA) is 85.6 Å². The second-order valence-electron chi connectivity index (χ2n) is 7.56. The Morgan fingerprint density at radius 3 is 2.44 bits per heavy atom. The van der Waals surface area contributed by atoms with Crippen molar-refractivity contribution < 1.29 is 18.7 Å². The van der Waals surface area contributed by atoms with E-state index in [0.717, 1.165) is 32.1 Å². The average Bonchev–Trinajstić information content (AvgIpc) is 2.76. The lowest BCUT2D eigenvalue weighted by atomic mass is 9.95. The predicted molar refractivity (Wildman–Crippen MR) is 123 cm³/mol. The van der Waals surface area contributed by atoms with Gasteiger partial charge in [-0.2, -0.15) is 0 Å². The molecule has 0 radical (unpaired) electrons. The van der Waals surface area contributed by atoms with Gasteiger partial charge in [0.25, 0.3) is 5.91 Å². The van der Waals surface area contributed by atoms with Crippen molar-refractivity contribution in [2.75, 3.05) is 0 Å². The number of rotatable bonds is 4. The smallest absolute Gasteiger partial charge is 0.349 e. The lowest BCUT2D eigenvalue weighted by Gasteiger charge is -2.22. The Labute approximate surface area is 198 Å². The van der Waals surface area contributed by atoms with E-state index in [1.54, 1.807) is 6.07 Å². The van der Waals surface area contributed by atoms with Gasteiger partial charge in [-0.15, -0.1) is 0 Å². The minimum Gasteiger partial charge on any atom is -0.423 e. The van der Waals surface area contributed by atoms with E-state index in [0.29, 0.717) is 5.39 Å². The van der Waals surface area contributed by atoms with Crippen molar-refractivity contribution >= 4 is 57.6 Å². The van der Waals surface area contributed by atoms with E-state index < -0.39 is 17.5 Å². The molecule has 1 aromatic heterocycles. The molecule has 1 aliphatic rings. The first kappa shape index (κ1) is 22.6. The number of fused-ring (bicyclic) bond motifs is 1. The van der Waals surface area contributed by atoms with Crippen molar-refractivity contribution in [3.05, 3.63) is 73.0 Å². The zero-order valence-corrected chi connectivity index (χ0v) is 19.0. The van der Waals surface area contributed by atoms with Crippen molar-refractivity contribution in [2.45, 2.75) is 38.1 Å². The second kappa shape index (κ2) is 9.53. The summed E-state index contributed by atoms with van der Waals surface area (Å²) in [5.41, 5.74) is -0.740. The molecule has 0 unspecified atom stereocenters. The maximum atomic E-state index is 12.6. The van der Waals surface area contributed by atoms with Crippen LogP contribution in [-0.2, 0) is 0 Å². The summed E-state index contributed by atoms with van der Waals surface area (Å²) in [5.74, 6) is -1.15. The fourth-order valence-corrected chi connectivity index (χ4v) is 4.38. The number of esters is 1. The standard InChI is InChI=1S/C23H18Cl3NO5/c24-16-8-9-17(25)20(26)19(16)23(30)31-14-7-6-12-10-15(22(29)32-18(12)11-14)21(28)27-13-4-2-1-3-5-13/h6-11,13H,1-5H2,(H,27,28). The molecule has 166 valence electrons. The van der Waals surface area contributed by atoms with Crippen LogP contribution in [0.5, 0.6) is 5.75 Å². The fraction of sp³-hybridized carbons (Fsp3) is 0.261. The van der Waals surface area contributed by atoms with Crippen molar-refractivity contribution in [2.24, 2.45) is 0 Å². The summed E-state index contributed by atoms with van der Waals surface area (Å²) in [4.78, 5) is 37.5. The van der Waals surface area contributed by atoms with Gasteiger partial charge in [0.2, 0.25) is 0 Å². The van der Waals surface area contributed by atoms with Gasteiger partial charge in [-0.1, -0.05) is 54.1 Å². The van der Waals surface area contributed by atoms with Crippen LogP contribution in [0.25, 0.3) is 11.0 Å². The molecule has 4 rings (SSSR count). The molecular formula is C23H18Cl3NO5. The molecule has 1 amide bonds. The monoisotopic (exact) mass is 493 g/mol. The molecule has 6 nitrogen and oxygen atoms in total. The molecule has 1 saturated carbocycles. The second-order valence-corrected chi connectivity index (χ2v) is 8.76. The molecule has 3 aromatic rings. The number of halogens is 3. The number of nitrogens with one attached hydrogen (secondary N) is 1. The van der Waals surface area contributed by atoms with E-state index >= 15 is 0 Å². The maximum absolute atomic E-state index is 12.6. The number of hydrogen-bond donors (Lipinski definition) is 1. The Kier molecular flexibility index (Phi) is 6.74. The van der Waals surface area contributed by atoms with Gasteiger partial charge in [0.15, 0.2) is 0 Å². The largest absolute Gasteiger partial charge is 0.423 e. The third-order valence-electron chi connectivity index (χ3n) is 5.35. The highest BCUT2D eigenvalue weighted by molar-refractivity contribution is 6.46. The van der Waals surface area contributed by atoms with Gasteiger partial charge >= 0.3 is 11.6 Å². The number of benzene rings is 2. The lowest BCUT2D eigenvalue weighted by Crippen LogP contribution is -2.38. The van der Waals surface area contributed by atoms with E-state index in [9.17, 15) is 14.4 Å². The molecule has 0 aliphatic heterocycles. The summed E-state index contributed by atoms with van der Waals surface area (Å²) >= 11 is 18.1. The van der Waals surface area contributed by atoms with Crippen LogP contribution in [0.2, 0.25) is 15.1 Å². The van der Waals surface area contributed by atoms with Gasteiger partial charge in [0, 0.05) is 17.5 Å².